The quantitative estimate of drug-likeness (QED) is 0.760. The van der Waals surface area contributed by atoms with Crippen molar-refractivity contribution in [1.29, 1.82) is 0 Å². The van der Waals surface area contributed by atoms with Crippen LogP contribution < -0.4 is 11.1 Å². The number of rotatable bonds is 6. The van der Waals surface area contributed by atoms with Gasteiger partial charge in [0.05, 0.1) is 6.54 Å². The van der Waals surface area contributed by atoms with Crippen molar-refractivity contribution in [3.05, 3.63) is 24.3 Å². The summed E-state index contributed by atoms with van der Waals surface area (Å²) in [5.74, 6) is 0.649. The van der Waals surface area contributed by atoms with Gasteiger partial charge in [0.25, 0.3) is 0 Å². The number of carbonyl (C=O) groups excluding carboxylic acids is 1. The highest BCUT2D eigenvalue weighted by Crippen LogP contribution is 2.11. The summed E-state index contributed by atoms with van der Waals surface area (Å²) in [6.45, 7) is 5.70. The van der Waals surface area contributed by atoms with Crippen LogP contribution in [0.25, 0.3) is 0 Å². The number of likely N-dealkylation sites (N-methyl/N-ethyl adjacent to an activating group) is 1. The zero-order valence-electron chi connectivity index (χ0n) is 11.4. The molecule has 0 spiro atoms. The molecule has 0 radical (unpaired) electrons. The zero-order chi connectivity index (χ0) is 13.5. The maximum absolute atomic E-state index is 11.8. The average molecular weight is 249 g/mol. The van der Waals surface area contributed by atoms with Gasteiger partial charge in [0, 0.05) is 11.4 Å². The topological polar surface area (TPSA) is 58.4 Å². The Bertz CT molecular complexity index is 390. The van der Waals surface area contributed by atoms with Crippen molar-refractivity contribution in [2.45, 2.75) is 20.3 Å². The highest BCUT2D eigenvalue weighted by atomic mass is 16.2. The predicted octanol–water partition coefficient (Wildman–Crippen LogP) is 2.19. The SMILES string of the molecule is CC(C)CCN(C)CC(=O)Nc1cccc(N)c1. The Kier molecular flexibility index (Phi) is 5.65. The molecule has 1 aromatic carbocycles. The smallest absolute Gasteiger partial charge is 0.238 e. The van der Waals surface area contributed by atoms with Crippen LogP contribution in [0.5, 0.6) is 0 Å². The second-order valence-electron chi connectivity index (χ2n) is 5.09. The van der Waals surface area contributed by atoms with Crippen LogP contribution in [0.2, 0.25) is 0 Å². The van der Waals surface area contributed by atoms with Crippen LogP contribution in [0.3, 0.4) is 0 Å². The number of amides is 1. The molecule has 1 amide bonds. The molecule has 18 heavy (non-hydrogen) atoms. The first-order valence-corrected chi connectivity index (χ1v) is 6.31. The van der Waals surface area contributed by atoms with Gasteiger partial charge >= 0.3 is 0 Å². The number of hydrogen-bond donors (Lipinski definition) is 2. The predicted molar refractivity (Wildman–Crippen MR) is 76.4 cm³/mol. The zero-order valence-corrected chi connectivity index (χ0v) is 11.4. The largest absolute Gasteiger partial charge is 0.399 e. The van der Waals surface area contributed by atoms with Gasteiger partial charge in [-0.15, -0.1) is 0 Å². The van der Waals surface area contributed by atoms with Gasteiger partial charge in [0.2, 0.25) is 5.91 Å². The highest BCUT2D eigenvalue weighted by molar-refractivity contribution is 5.92. The molecule has 3 N–H and O–H groups in total. The van der Waals surface area contributed by atoms with E-state index in [0.717, 1.165) is 18.7 Å². The van der Waals surface area contributed by atoms with Gasteiger partial charge in [0.15, 0.2) is 0 Å². The fourth-order valence-corrected chi connectivity index (χ4v) is 1.62. The minimum Gasteiger partial charge on any atom is -0.399 e. The minimum atomic E-state index is -0.00754. The van der Waals surface area contributed by atoms with Crippen molar-refractivity contribution in [2.24, 2.45) is 5.92 Å². The van der Waals surface area contributed by atoms with Crippen LogP contribution in [-0.2, 0) is 4.79 Å². The van der Waals surface area contributed by atoms with Crippen LogP contribution in [0.4, 0.5) is 11.4 Å². The second-order valence-corrected chi connectivity index (χ2v) is 5.09. The van der Waals surface area contributed by atoms with Gasteiger partial charge in [-0.1, -0.05) is 19.9 Å². The fraction of sp³-hybridized carbons (Fsp3) is 0.500. The number of nitrogen functional groups attached to an aromatic ring is 1. The van der Waals surface area contributed by atoms with E-state index in [2.05, 4.69) is 19.2 Å². The van der Waals surface area contributed by atoms with Crippen molar-refractivity contribution >= 4 is 17.3 Å². The van der Waals surface area contributed by atoms with Crippen molar-refractivity contribution < 1.29 is 4.79 Å². The third kappa shape index (κ3) is 5.68. The molecular formula is C14H23N3O. The van der Waals surface area contributed by atoms with Crippen LogP contribution >= 0.6 is 0 Å². The summed E-state index contributed by atoms with van der Waals surface area (Å²) in [5, 5.41) is 2.84. The second kappa shape index (κ2) is 7.01. The molecule has 0 atom stereocenters. The summed E-state index contributed by atoms with van der Waals surface area (Å²) in [7, 11) is 1.96. The van der Waals surface area contributed by atoms with E-state index in [0.29, 0.717) is 18.2 Å². The monoisotopic (exact) mass is 249 g/mol. The number of hydrogen-bond acceptors (Lipinski definition) is 3. The highest BCUT2D eigenvalue weighted by Gasteiger charge is 2.07. The lowest BCUT2D eigenvalue weighted by atomic mass is 10.1. The summed E-state index contributed by atoms with van der Waals surface area (Å²) in [6.07, 6.45) is 1.10. The van der Waals surface area contributed by atoms with Gasteiger partial charge in [-0.05, 0) is 44.1 Å². The molecular weight excluding hydrogens is 226 g/mol. The molecule has 0 aromatic heterocycles. The van der Waals surface area contributed by atoms with Gasteiger partial charge in [-0.25, -0.2) is 0 Å². The van der Waals surface area contributed by atoms with E-state index in [9.17, 15) is 4.79 Å². The van der Waals surface area contributed by atoms with Crippen LogP contribution in [0.15, 0.2) is 24.3 Å². The molecule has 1 aromatic rings. The molecule has 0 aliphatic rings. The summed E-state index contributed by atoms with van der Waals surface area (Å²) >= 11 is 0. The summed E-state index contributed by atoms with van der Waals surface area (Å²) < 4.78 is 0. The Hall–Kier alpha value is -1.55. The molecule has 100 valence electrons. The summed E-state index contributed by atoms with van der Waals surface area (Å²) in [5.41, 5.74) is 7.06. The van der Waals surface area contributed by atoms with Gasteiger partial charge < -0.3 is 11.1 Å². The van der Waals surface area contributed by atoms with E-state index in [4.69, 9.17) is 5.73 Å². The molecule has 0 bridgehead atoms. The molecule has 1 rings (SSSR count). The van der Waals surface area contributed by atoms with Crippen LogP contribution in [-0.4, -0.2) is 30.9 Å². The van der Waals surface area contributed by atoms with E-state index in [1.54, 1.807) is 12.1 Å². The molecule has 0 unspecified atom stereocenters. The van der Waals surface area contributed by atoms with Crippen molar-refractivity contribution in [1.82, 2.24) is 4.90 Å². The van der Waals surface area contributed by atoms with Crippen molar-refractivity contribution in [3.8, 4) is 0 Å². The lowest BCUT2D eigenvalue weighted by Gasteiger charge is -2.17. The number of benzene rings is 1. The van der Waals surface area contributed by atoms with Crippen LogP contribution in [0, 0.1) is 5.92 Å². The molecule has 0 aliphatic heterocycles. The fourth-order valence-electron chi connectivity index (χ4n) is 1.62. The van der Waals surface area contributed by atoms with E-state index < -0.39 is 0 Å². The molecule has 0 saturated heterocycles. The van der Waals surface area contributed by atoms with E-state index >= 15 is 0 Å². The Morgan fingerprint density at radius 3 is 2.78 bits per heavy atom. The third-order valence-electron chi connectivity index (χ3n) is 2.67. The lowest BCUT2D eigenvalue weighted by Crippen LogP contribution is -2.31. The maximum Gasteiger partial charge on any atom is 0.238 e. The van der Waals surface area contributed by atoms with Gasteiger partial charge in [-0.2, -0.15) is 0 Å². The maximum atomic E-state index is 11.8. The van der Waals surface area contributed by atoms with Crippen molar-refractivity contribution in [3.63, 3.8) is 0 Å². The molecule has 4 heteroatoms. The standard InChI is InChI=1S/C14H23N3O/c1-11(2)7-8-17(3)10-14(18)16-13-6-4-5-12(15)9-13/h4-6,9,11H,7-8,10,15H2,1-3H3,(H,16,18). The van der Waals surface area contributed by atoms with E-state index in [1.165, 1.54) is 0 Å². The van der Waals surface area contributed by atoms with Gasteiger partial charge in [0.1, 0.15) is 0 Å². The number of anilines is 2. The van der Waals surface area contributed by atoms with Crippen molar-refractivity contribution in [2.75, 3.05) is 31.2 Å². The van der Waals surface area contributed by atoms with E-state index in [1.807, 2.05) is 24.1 Å². The normalized spacial score (nSPS) is 10.9. The first-order chi connectivity index (χ1) is 8.47. The molecule has 4 nitrogen and oxygen atoms in total. The number of nitrogens with one attached hydrogen (secondary N) is 1. The van der Waals surface area contributed by atoms with E-state index in [-0.39, 0.29) is 5.91 Å². The summed E-state index contributed by atoms with van der Waals surface area (Å²) in [4.78, 5) is 13.8. The first-order valence-electron chi connectivity index (χ1n) is 6.31. The molecule has 0 aliphatic carbocycles. The van der Waals surface area contributed by atoms with Crippen LogP contribution in [0.1, 0.15) is 20.3 Å². The Morgan fingerprint density at radius 1 is 1.44 bits per heavy atom. The Labute approximate surface area is 109 Å². The number of nitrogens with zero attached hydrogens (tertiary/aromatic N) is 1. The molecule has 0 heterocycles. The minimum absolute atomic E-state index is 0.00754. The Balaban J connectivity index is 2.37. The average Bonchev–Trinajstić information content (AvgIpc) is 2.26. The number of carbonyl (C=O) groups is 1. The molecule has 0 saturated carbocycles. The lowest BCUT2D eigenvalue weighted by molar-refractivity contribution is -0.117. The van der Waals surface area contributed by atoms with Gasteiger partial charge in [-0.3, -0.25) is 9.69 Å². The number of nitrogens with two attached hydrogens (primary N) is 1. The summed E-state index contributed by atoms with van der Waals surface area (Å²) in [6, 6.07) is 7.21. The molecule has 0 fully saturated rings. The Morgan fingerprint density at radius 2 is 2.17 bits per heavy atom. The first kappa shape index (κ1) is 14.5. The third-order valence-corrected chi connectivity index (χ3v) is 2.67.